The smallest absolute Gasteiger partial charge is 0.270 e. The molecule has 1 aromatic carbocycles. The van der Waals surface area contributed by atoms with Crippen molar-refractivity contribution in [1.29, 1.82) is 0 Å². The predicted octanol–water partition coefficient (Wildman–Crippen LogP) is 3.30. The molecule has 0 unspecified atom stereocenters. The van der Waals surface area contributed by atoms with Gasteiger partial charge < -0.3 is 15.4 Å². The number of amides is 2. The first kappa shape index (κ1) is 19.0. The second-order valence-corrected chi connectivity index (χ2v) is 8.49. The number of carbonyl (C=O) groups is 2. The Morgan fingerprint density at radius 3 is 2.43 bits per heavy atom. The van der Waals surface area contributed by atoms with Crippen LogP contribution in [0.4, 0.5) is 0 Å². The van der Waals surface area contributed by atoms with Gasteiger partial charge in [-0.1, -0.05) is 29.3 Å². The summed E-state index contributed by atoms with van der Waals surface area (Å²) in [5.41, 5.74) is 0.934. The first-order valence-corrected chi connectivity index (χ1v) is 9.68. The van der Waals surface area contributed by atoms with Crippen LogP contribution in [0.15, 0.2) is 36.5 Å². The summed E-state index contributed by atoms with van der Waals surface area (Å²) >= 11 is 11.8. The summed E-state index contributed by atoms with van der Waals surface area (Å²) in [4.78, 5) is 28.7. The third-order valence-corrected chi connectivity index (χ3v) is 5.96. The molecule has 1 aromatic heterocycles. The van der Waals surface area contributed by atoms with Crippen LogP contribution in [0.25, 0.3) is 0 Å². The average molecular weight is 420 g/mol. The fraction of sp³-hybridized carbons (Fsp3) is 0.350. The van der Waals surface area contributed by atoms with E-state index >= 15 is 0 Å². The lowest BCUT2D eigenvalue weighted by Crippen LogP contribution is -2.84. The van der Waals surface area contributed by atoms with E-state index in [2.05, 4.69) is 15.6 Å². The predicted molar refractivity (Wildman–Crippen MR) is 106 cm³/mol. The minimum absolute atomic E-state index is 0.105. The molecule has 28 heavy (non-hydrogen) atoms. The molecule has 8 heteroatoms. The lowest BCUT2D eigenvalue weighted by atomic mass is 9.44. The number of benzene rings is 1. The van der Waals surface area contributed by atoms with Crippen LogP contribution in [-0.4, -0.2) is 34.5 Å². The Bertz CT molecular complexity index is 926. The Morgan fingerprint density at radius 1 is 1.07 bits per heavy atom. The minimum Gasteiger partial charge on any atom is -0.484 e. The maximum atomic E-state index is 12.3. The summed E-state index contributed by atoms with van der Waals surface area (Å²) in [6.45, 7) is 1.82. The second kappa shape index (κ2) is 6.94. The highest BCUT2D eigenvalue weighted by Gasteiger charge is 2.69. The van der Waals surface area contributed by atoms with Crippen LogP contribution in [0.5, 0.6) is 5.75 Å². The van der Waals surface area contributed by atoms with Gasteiger partial charge in [-0.15, -0.1) is 0 Å². The van der Waals surface area contributed by atoms with E-state index in [1.54, 1.807) is 30.5 Å². The van der Waals surface area contributed by atoms with Crippen LogP contribution in [0, 0.1) is 6.92 Å². The number of hydrogen-bond donors (Lipinski definition) is 2. The van der Waals surface area contributed by atoms with Crippen LogP contribution in [0.3, 0.4) is 0 Å². The quantitative estimate of drug-likeness (QED) is 0.752. The van der Waals surface area contributed by atoms with E-state index in [4.69, 9.17) is 27.9 Å². The first-order valence-electron chi connectivity index (χ1n) is 8.92. The van der Waals surface area contributed by atoms with Crippen molar-refractivity contribution in [2.75, 3.05) is 6.61 Å². The molecule has 3 fully saturated rings. The van der Waals surface area contributed by atoms with E-state index < -0.39 is 0 Å². The lowest BCUT2D eigenvalue weighted by Gasteiger charge is -2.70. The van der Waals surface area contributed by atoms with Gasteiger partial charge in [0, 0.05) is 23.3 Å². The minimum atomic E-state index is -0.244. The second-order valence-electron chi connectivity index (χ2n) is 7.68. The molecule has 2 bridgehead atoms. The van der Waals surface area contributed by atoms with Crippen molar-refractivity contribution in [3.8, 4) is 5.75 Å². The number of rotatable bonds is 6. The largest absolute Gasteiger partial charge is 0.484 e. The van der Waals surface area contributed by atoms with Gasteiger partial charge in [-0.3, -0.25) is 14.6 Å². The summed E-state index contributed by atoms with van der Waals surface area (Å²) in [5.74, 6) is 0.102. The molecular weight excluding hydrogens is 401 g/mol. The van der Waals surface area contributed by atoms with Gasteiger partial charge in [0.1, 0.15) is 11.4 Å². The Labute approximate surface area is 172 Å². The lowest BCUT2D eigenvalue weighted by molar-refractivity contribution is -0.141. The number of ether oxygens (including phenoxy) is 1. The molecule has 0 spiro atoms. The summed E-state index contributed by atoms with van der Waals surface area (Å²) in [6.07, 6.45) is 3.83. The highest BCUT2D eigenvalue weighted by atomic mass is 35.5. The topological polar surface area (TPSA) is 80.3 Å². The molecular formula is C20H19Cl2N3O3. The number of aryl methyl sites for hydroxylation is 1. The molecule has 146 valence electrons. The molecule has 3 aliphatic rings. The molecule has 0 radical (unpaired) electrons. The van der Waals surface area contributed by atoms with Crippen LogP contribution >= 0.6 is 23.2 Å². The zero-order valence-corrected chi connectivity index (χ0v) is 16.7. The van der Waals surface area contributed by atoms with Gasteiger partial charge in [0.25, 0.3) is 11.8 Å². The SMILES string of the molecule is Cc1ccc(C(=O)NC23CC(NC(=O)COc4ccc(Cl)c(Cl)c4)(C2)C3)nc1. The molecule has 6 nitrogen and oxygen atoms in total. The Morgan fingerprint density at radius 2 is 1.79 bits per heavy atom. The van der Waals surface area contributed by atoms with Gasteiger partial charge in [0.05, 0.1) is 10.0 Å². The summed E-state index contributed by atoms with van der Waals surface area (Å²) in [5, 5.41) is 6.87. The third kappa shape index (κ3) is 3.66. The molecule has 0 aliphatic heterocycles. The van der Waals surface area contributed by atoms with Gasteiger partial charge >= 0.3 is 0 Å². The van der Waals surface area contributed by atoms with Crippen LogP contribution in [0.1, 0.15) is 35.3 Å². The van der Waals surface area contributed by atoms with Crippen molar-refractivity contribution >= 4 is 35.0 Å². The maximum Gasteiger partial charge on any atom is 0.270 e. The first-order chi connectivity index (χ1) is 13.3. The van der Waals surface area contributed by atoms with Gasteiger partial charge in [-0.25, -0.2) is 0 Å². The number of nitrogens with zero attached hydrogens (tertiary/aromatic N) is 1. The van der Waals surface area contributed by atoms with Crippen LogP contribution < -0.4 is 15.4 Å². The molecule has 2 amide bonds. The third-order valence-electron chi connectivity index (χ3n) is 5.22. The zero-order chi connectivity index (χ0) is 19.9. The van der Waals surface area contributed by atoms with Crippen LogP contribution in [-0.2, 0) is 4.79 Å². The van der Waals surface area contributed by atoms with Gasteiger partial charge in [-0.05, 0) is 49.9 Å². The van der Waals surface area contributed by atoms with Crippen molar-refractivity contribution in [3.05, 3.63) is 57.8 Å². The van der Waals surface area contributed by atoms with Crippen molar-refractivity contribution in [2.24, 2.45) is 0 Å². The standard InChI is InChI=1S/C20H19Cl2N3O3/c1-12-2-5-16(23-7-12)18(27)25-20-9-19(10-20,11-20)24-17(26)8-28-13-3-4-14(21)15(22)6-13/h2-7H,8-11H2,1H3,(H,24,26)(H,25,27). The van der Waals surface area contributed by atoms with Crippen molar-refractivity contribution in [3.63, 3.8) is 0 Å². The molecule has 0 saturated heterocycles. The van der Waals surface area contributed by atoms with E-state index in [9.17, 15) is 9.59 Å². The zero-order valence-electron chi connectivity index (χ0n) is 15.2. The van der Waals surface area contributed by atoms with Crippen molar-refractivity contribution in [1.82, 2.24) is 15.6 Å². The van der Waals surface area contributed by atoms with E-state index in [-0.39, 0.29) is 29.5 Å². The van der Waals surface area contributed by atoms with E-state index in [1.165, 1.54) is 0 Å². The number of aromatic nitrogens is 1. The molecule has 3 saturated carbocycles. The maximum absolute atomic E-state index is 12.3. The highest BCUT2D eigenvalue weighted by molar-refractivity contribution is 6.42. The summed E-state index contributed by atoms with van der Waals surface area (Å²) in [6, 6.07) is 8.43. The van der Waals surface area contributed by atoms with Gasteiger partial charge in [0.2, 0.25) is 0 Å². The molecule has 3 aliphatic carbocycles. The monoisotopic (exact) mass is 419 g/mol. The fourth-order valence-corrected chi connectivity index (χ4v) is 4.30. The Kier molecular flexibility index (Phi) is 4.71. The number of pyridine rings is 1. The van der Waals surface area contributed by atoms with E-state index in [1.807, 2.05) is 13.0 Å². The fourth-order valence-electron chi connectivity index (χ4n) is 4.01. The molecule has 2 N–H and O–H groups in total. The van der Waals surface area contributed by atoms with Crippen LogP contribution in [0.2, 0.25) is 10.0 Å². The number of carbonyl (C=O) groups excluding carboxylic acids is 2. The average Bonchev–Trinajstić information content (AvgIpc) is 2.60. The summed E-state index contributed by atoms with van der Waals surface area (Å²) in [7, 11) is 0. The summed E-state index contributed by atoms with van der Waals surface area (Å²) < 4.78 is 5.46. The molecule has 2 aromatic rings. The molecule has 0 atom stereocenters. The highest BCUT2D eigenvalue weighted by Crippen LogP contribution is 2.60. The van der Waals surface area contributed by atoms with Crippen molar-refractivity contribution in [2.45, 2.75) is 37.3 Å². The number of halogens is 2. The van der Waals surface area contributed by atoms with Gasteiger partial charge in [-0.2, -0.15) is 0 Å². The normalized spacial score (nSPS) is 24.5. The molecule has 5 rings (SSSR count). The number of hydrogen-bond acceptors (Lipinski definition) is 4. The number of nitrogens with one attached hydrogen (secondary N) is 2. The molecule has 1 heterocycles. The van der Waals surface area contributed by atoms with Crippen molar-refractivity contribution < 1.29 is 14.3 Å². The van der Waals surface area contributed by atoms with E-state index in [0.29, 0.717) is 21.5 Å². The Balaban J connectivity index is 1.24. The van der Waals surface area contributed by atoms with E-state index in [0.717, 1.165) is 24.8 Å². The Hall–Kier alpha value is -2.31. The van der Waals surface area contributed by atoms with Gasteiger partial charge in [0.15, 0.2) is 6.61 Å².